The molecule has 0 amide bonds. The predicted octanol–water partition coefficient (Wildman–Crippen LogP) is 1.45. The molecule has 0 aliphatic carbocycles. The van der Waals surface area contributed by atoms with E-state index in [2.05, 4.69) is 0 Å². The minimum absolute atomic E-state index is 0.531. The summed E-state index contributed by atoms with van der Waals surface area (Å²) in [5, 5.41) is -0.531. The van der Waals surface area contributed by atoms with Crippen molar-refractivity contribution in [2.75, 3.05) is 0 Å². The average molecular weight is 170 g/mol. The van der Waals surface area contributed by atoms with Crippen LogP contribution in [0.3, 0.4) is 0 Å². The zero-order valence-corrected chi connectivity index (χ0v) is 6.58. The quantitative estimate of drug-likeness (QED) is 0.681. The van der Waals surface area contributed by atoms with Crippen molar-refractivity contribution in [2.24, 2.45) is 5.73 Å². The third-order valence-corrected chi connectivity index (χ3v) is 1.64. The minimum atomic E-state index is -0.696. The van der Waals surface area contributed by atoms with Gasteiger partial charge in [0, 0.05) is 0 Å². The van der Waals surface area contributed by atoms with Gasteiger partial charge in [0.15, 0.2) is 0 Å². The van der Waals surface area contributed by atoms with Crippen LogP contribution in [-0.2, 0) is 4.79 Å². The van der Waals surface area contributed by atoms with Gasteiger partial charge in [0.1, 0.15) is 6.04 Å². The molecule has 1 aromatic rings. The molecule has 0 unspecified atom stereocenters. The lowest BCUT2D eigenvalue weighted by atomic mass is 10.1. The van der Waals surface area contributed by atoms with E-state index >= 15 is 0 Å². The maximum atomic E-state index is 10.6. The summed E-state index contributed by atoms with van der Waals surface area (Å²) in [6.45, 7) is 0. The van der Waals surface area contributed by atoms with E-state index in [1.54, 1.807) is 12.1 Å². The Morgan fingerprint density at radius 3 is 2.36 bits per heavy atom. The molecular weight excluding hydrogens is 162 g/mol. The SMILES string of the molecule is N[C@H](C(=O)Cl)c1ccccc1. The second kappa shape index (κ2) is 3.51. The van der Waals surface area contributed by atoms with E-state index in [4.69, 9.17) is 17.3 Å². The Balaban J connectivity index is 2.85. The Labute approximate surface area is 70.0 Å². The lowest BCUT2D eigenvalue weighted by Gasteiger charge is -2.04. The van der Waals surface area contributed by atoms with Gasteiger partial charge in [0.25, 0.3) is 0 Å². The summed E-state index contributed by atoms with van der Waals surface area (Å²) in [5.41, 5.74) is 6.20. The summed E-state index contributed by atoms with van der Waals surface area (Å²) < 4.78 is 0. The van der Waals surface area contributed by atoms with Gasteiger partial charge in [0.05, 0.1) is 0 Å². The van der Waals surface area contributed by atoms with Crippen LogP contribution < -0.4 is 5.73 Å². The van der Waals surface area contributed by atoms with Gasteiger partial charge in [-0.2, -0.15) is 0 Å². The molecule has 58 valence electrons. The van der Waals surface area contributed by atoms with Gasteiger partial charge < -0.3 is 5.73 Å². The molecule has 1 aromatic carbocycles. The minimum Gasteiger partial charge on any atom is -0.317 e. The summed E-state index contributed by atoms with van der Waals surface area (Å²) in [6.07, 6.45) is 0. The summed E-state index contributed by atoms with van der Waals surface area (Å²) >= 11 is 5.20. The number of carbonyl (C=O) groups is 1. The second-order valence-electron chi connectivity index (χ2n) is 2.19. The van der Waals surface area contributed by atoms with Crippen LogP contribution in [0.1, 0.15) is 11.6 Å². The fourth-order valence-electron chi connectivity index (χ4n) is 0.791. The summed E-state index contributed by atoms with van der Waals surface area (Å²) in [5.74, 6) is 0. The zero-order chi connectivity index (χ0) is 8.27. The fraction of sp³-hybridized carbons (Fsp3) is 0.125. The first-order valence-corrected chi connectivity index (χ1v) is 3.59. The van der Waals surface area contributed by atoms with E-state index in [9.17, 15) is 4.79 Å². The van der Waals surface area contributed by atoms with Crippen LogP contribution in [0.5, 0.6) is 0 Å². The van der Waals surface area contributed by atoms with Crippen molar-refractivity contribution >= 4 is 16.8 Å². The van der Waals surface area contributed by atoms with E-state index < -0.39 is 11.3 Å². The number of nitrogens with two attached hydrogens (primary N) is 1. The van der Waals surface area contributed by atoms with Crippen molar-refractivity contribution in [3.8, 4) is 0 Å². The Morgan fingerprint density at radius 2 is 1.91 bits per heavy atom. The Hall–Kier alpha value is -0.860. The molecule has 0 radical (unpaired) electrons. The normalized spacial score (nSPS) is 12.5. The highest BCUT2D eigenvalue weighted by atomic mass is 35.5. The topological polar surface area (TPSA) is 43.1 Å². The third-order valence-electron chi connectivity index (χ3n) is 1.40. The van der Waals surface area contributed by atoms with E-state index in [0.717, 1.165) is 5.56 Å². The van der Waals surface area contributed by atoms with Crippen molar-refractivity contribution in [2.45, 2.75) is 6.04 Å². The van der Waals surface area contributed by atoms with Crippen LogP contribution in [0.15, 0.2) is 30.3 Å². The number of carbonyl (C=O) groups excluding carboxylic acids is 1. The van der Waals surface area contributed by atoms with Crippen molar-refractivity contribution in [1.29, 1.82) is 0 Å². The van der Waals surface area contributed by atoms with E-state index in [1.807, 2.05) is 18.2 Å². The van der Waals surface area contributed by atoms with E-state index in [-0.39, 0.29) is 0 Å². The molecule has 0 aliphatic heterocycles. The number of rotatable bonds is 2. The smallest absolute Gasteiger partial charge is 0.242 e. The van der Waals surface area contributed by atoms with Gasteiger partial charge in [-0.25, -0.2) is 0 Å². The van der Waals surface area contributed by atoms with Gasteiger partial charge in [-0.05, 0) is 17.2 Å². The summed E-state index contributed by atoms with van der Waals surface area (Å²) in [6, 6.07) is 8.33. The maximum absolute atomic E-state index is 10.6. The molecule has 1 rings (SSSR count). The van der Waals surface area contributed by atoms with Crippen LogP contribution in [0, 0.1) is 0 Å². The molecule has 2 N–H and O–H groups in total. The number of halogens is 1. The number of hydrogen-bond acceptors (Lipinski definition) is 2. The Bertz CT molecular complexity index is 248. The van der Waals surface area contributed by atoms with Gasteiger partial charge in [-0.15, -0.1) is 0 Å². The standard InChI is InChI=1S/C8H8ClNO/c9-8(11)7(10)6-4-2-1-3-5-6/h1-5,7H,10H2/t7-/m0/s1. The summed E-state index contributed by atoms with van der Waals surface area (Å²) in [7, 11) is 0. The monoisotopic (exact) mass is 169 g/mol. The van der Waals surface area contributed by atoms with Gasteiger partial charge in [0.2, 0.25) is 5.24 Å². The molecule has 0 saturated heterocycles. The van der Waals surface area contributed by atoms with Crippen LogP contribution in [-0.4, -0.2) is 5.24 Å². The van der Waals surface area contributed by atoms with E-state index in [0.29, 0.717) is 0 Å². The van der Waals surface area contributed by atoms with Gasteiger partial charge >= 0.3 is 0 Å². The molecule has 0 spiro atoms. The molecule has 2 nitrogen and oxygen atoms in total. The van der Waals surface area contributed by atoms with Gasteiger partial charge in [-0.3, -0.25) is 4.79 Å². The highest BCUT2D eigenvalue weighted by Gasteiger charge is 2.11. The highest BCUT2D eigenvalue weighted by molar-refractivity contribution is 6.64. The number of hydrogen-bond donors (Lipinski definition) is 1. The first-order chi connectivity index (χ1) is 5.22. The molecule has 0 heterocycles. The van der Waals surface area contributed by atoms with Gasteiger partial charge in [-0.1, -0.05) is 30.3 Å². The Morgan fingerprint density at radius 1 is 1.36 bits per heavy atom. The first kappa shape index (κ1) is 8.24. The molecule has 0 aromatic heterocycles. The van der Waals surface area contributed by atoms with Crippen LogP contribution in [0.2, 0.25) is 0 Å². The maximum Gasteiger partial charge on any atom is 0.242 e. The third kappa shape index (κ3) is 2.03. The van der Waals surface area contributed by atoms with Crippen LogP contribution in [0.4, 0.5) is 0 Å². The first-order valence-electron chi connectivity index (χ1n) is 3.21. The lowest BCUT2D eigenvalue weighted by Crippen LogP contribution is -2.16. The highest BCUT2D eigenvalue weighted by Crippen LogP contribution is 2.11. The summed E-state index contributed by atoms with van der Waals surface area (Å²) in [4.78, 5) is 10.6. The molecular formula is C8H8ClNO. The molecule has 0 fully saturated rings. The van der Waals surface area contributed by atoms with Crippen molar-refractivity contribution in [3.63, 3.8) is 0 Å². The van der Waals surface area contributed by atoms with Crippen molar-refractivity contribution < 1.29 is 4.79 Å². The van der Waals surface area contributed by atoms with Crippen molar-refractivity contribution in [3.05, 3.63) is 35.9 Å². The fourth-order valence-corrected chi connectivity index (χ4v) is 0.917. The molecule has 3 heteroatoms. The predicted molar refractivity (Wildman–Crippen MR) is 44.2 cm³/mol. The molecule has 0 saturated carbocycles. The zero-order valence-electron chi connectivity index (χ0n) is 5.83. The Kier molecular flexibility index (Phi) is 2.63. The molecule has 0 bridgehead atoms. The van der Waals surface area contributed by atoms with E-state index in [1.165, 1.54) is 0 Å². The molecule has 0 aliphatic rings. The second-order valence-corrected chi connectivity index (χ2v) is 2.56. The molecule has 1 atom stereocenters. The molecule has 11 heavy (non-hydrogen) atoms. The largest absolute Gasteiger partial charge is 0.317 e. The lowest BCUT2D eigenvalue weighted by molar-refractivity contribution is -0.112. The van der Waals surface area contributed by atoms with Crippen LogP contribution >= 0.6 is 11.6 Å². The average Bonchev–Trinajstić information content (AvgIpc) is 2.05. The van der Waals surface area contributed by atoms with Crippen LogP contribution in [0.25, 0.3) is 0 Å². The number of benzene rings is 1. The van der Waals surface area contributed by atoms with Crippen molar-refractivity contribution in [1.82, 2.24) is 0 Å².